The summed E-state index contributed by atoms with van der Waals surface area (Å²) in [6, 6.07) is 13.6. The average Bonchev–Trinajstić information content (AvgIpc) is 3.77. The number of hydrogen-bond donors (Lipinski definition) is 11. The van der Waals surface area contributed by atoms with Gasteiger partial charge in [-0.15, -0.1) is 0 Å². The Labute approximate surface area is 376 Å². The van der Waals surface area contributed by atoms with E-state index in [-0.39, 0.29) is 69.1 Å². The predicted octanol–water partition coefficient (Wildman–Crippen LogP) is -2.63. The van der Waals surface area contributed by atoms with Gasteiger partial charge < -0.3 is 69.3 Å². The van der Waals surface area contributed by atoms with Crippen LogP contribution in [-0.4, -0.2) is 142 Å². The van der Waals surface area contributed by atoms with Gasteiger partial charge in [-0.3, -0.25) is 38.6 Å². The molecule has 350 valence electrons. The maximum atomic E-state index is 14.2. The molecule has 7 amide bonds. The van der Waals surface area contributed by atoms with Crippen molar-refractivity contribution in [2.75, 3.05) is 33.3 Å². The molecule has 0 spiro atoms. The minimum absolute atomic E-state index is 0.0142. The fourth-order valence-electron chi connectivity index (χ4n) is 7.20. The van der Waals surface area contributed by atoms with Crippen molar-refractivity contribution in [3.05, 3.63) is 95.6 Å². The van der Waals surface area contributed by atoms with Crippen molar-refractivity contribution in [3.63, 3.8) is 0 Å². The van der Waals surface area contributed by atoms with E-state index in [1.165, 1.54) is 36.2 Å². The van der Waals surface area contributed by atoms with Gasteiger partial charge in [0.2, 0.25) is 41.4 Å². The molecule has 1 aliphatic heterocycles. The van der Waals surface area contributed by atoms with Crippen molar-refractivity contribution >= 4 is 47.3 Å². The SMILES string of the molecule is CN(CC(=O)N[C@@H](Cc1ccc(O)cc1)C(=O)N1CCC[C@H]1C(=O)N[C@@H](CO)C(N)=O)C(=O)[C@H](Cc1ccccc1)NC(=O)[C@@H](CCCN=C(N)N)NC(=O)[C@@H](N)Cc1ccc(O)cc1. The number of aliphatic hydroxyl groups excluding tert-OH is 1. The lowest BCUT2D eigenvalue weighted by molar-refractivity contribution is -0.143. The molecule has 21 nitrogen and oxygen atoms in total. The van der Waals surface area contributed by atoms with E-state index < -0.39 is 90.8 Å². The zero-order chi connectivity index (χ0) is 47.6. The first kappa shape index (κ1) is 50.4. The molecule has 1 heterocycles. The number of phenols is 2. The average molecular weight is 902 g/mol. The zero-order valence-electron chi connectivity index (χ0n) is 36.1. The number of guanidine groups is 1. The van der Waals surface area contributed by atoms with E-state index in [9.17, 15) is 48.9 Å². The van der Waals surface area contributed by atoms with E-state index in [2.05, 4.69) is 26.3 Å². The van der Waals surface area contributed by atoms with E-state index in [1.54, 1.807) is 54.6 Å². The fraction of sp³-hybridized carbons (Fsp3) is 0.409. The Bertz CT molecular complexity index is 2140. The molecule has 3 aromatic rings. The molecule has 3 aromatic carbocycles. The predicted molar refractivity (Wildman–Crippen MR) is 238 cm³/mol. The number of hydrogen-bond acceptors (Lipinski definition) is 12. The molecule has 0 radical (unpaired) electrons. The lowest BCUT2D eigenvalue weighted by Gasteiger charge is -2.30. The normalized spacial score (nSPS) is 15.6. The number of carbonyl (C=O) groups excluding carboxylic acids is 7. The maximum absolute atomic E-state index is 14.2. The largest absolute Gasteiger partial charge is 0.508 e. The number of nitrogens with zero attached hydrogens (tertiary/aromatic N) is 3. The van der Waals surface area contributed by atoms with Crippen LogP contribution < -0.4 is 44.2 Å². The van der Waals surface area contributed by atoms with Crippen LogP contribution in [0.5, 0.6) is 11.5 Å². The van der Waals surface area contributed by atoms with Gasteiger partial charge in [-0.2, -0.15) is 0 Å². The summed E-state index contributed by atoms with van der Waals surface area (Å²) in [6.07, 6.45) is 0.956. The number of benzene rings is 3. The molecule has 0 aliphatic carbocycles. The third-order valence-corrected chi connectivity index (χ3v) is 10.7. The van der Waals surface area contributed by atoms with E-state index in [4.69, 9.17) is 22.9 Å². The molecule has 65 heavy (non-hydrogen) atoms. The van der Waals surface area contributed by atoms with Gasteiger partial charge in [0.15, 0.2) is 5.96 Å². The molecule has 15 N–H and O–H groups in total. The van der Waals surface area contributed by atoms with Gasteiger partial charge in [-0.05, 0) is 73.1 Å². The summed E-state index contributed by atoms with van der Waals surface area (Å²) < 4.78 is 0. The third kappa shape index (κ3) is 15.8. The maximum Gasteiger partial charge on any atom is 0.246 e. The topological polar surface area (TPSA) is 351 Å². The number of likely N-dealkylation sites (tertiary alicyclic amines) is 1. The summed E-state index contributed by atoms with van der Waals surface area (Å²) in [5.41, 5.74) is 24.3. The molecule has 21 heteroatoms. The lowest BCUT2D eigenvalue weighted by atomic mass is 10.0. The highest BCUT2D eigenvalue weighted by atomic mass is 16.3. The number of primary amides is 1. The second kappa shape index (κ2) is 24.5. The number of aliphatic hydroxyl groups is 1. The Kier molecular flexibility index (Phi) is 19.0. The van der Waals surface area contributed by atoms with Gasteiger partial charge in [-0.25, -0.2) is 0 Å². The number of amides is 7. The Balaban J connectivity index is 1.53. The molecule has 0 saturated carbocycles. The molecule has 1 saturated heterocycles. The number of nitrogens with one attached hydrogen (secondary N) is 4. The monoisotopic (exact) mass is 901 g/mol. The first-order valence-corrected chi connectivity index (χ1v) is 21.0. The van der Waals surface area contributed by atoms with Crippen LogP contribution in [0.15, 0.2) is 83.9 Å². The highest BCUT2D eigenvalue weighted by molar-refractivity contribution is 5.96. The van der Waals surface area contributed by atoms with Crippen LogP contribution in [0.3, 0.4) is 0 Å². The van der Waals surface area contributed by atoms with Crippen LogP contribution in [0.25, 0.3) is 0 Å². The number of phenolic OH excluding ortho intramolecular Hbond substituents is 2. The lowest BCUT2D eigenvalue weighted by Crippen LogP contribution is -2.58. The van der Waals surface area contributed by atoms with Crippen LogP contribution in [0, 0.1) is 0 Å². The van der Waals surface area contributed by atoms with Gasteiger partial charge in [0.1, 0.15) is 41.7 Å². The van der Waals surface area contributed by atoms with Crippen LogP contribution in [-0.2, 0) is 52.8 Å². The second-order valence-corrected chi connectivity index (χ2v) is 15.8. The van der Waals surface area contributed by atoms with E-state index >= 15 is 0 Å². The van der Waals surface area contributed by atoms with Crippen molar-refractivity contribution in [2.45, 2.75) is 81.2 Å². The first-order valence-electron chi connectivity index (χ1n) is 21.0. The fourth-order valence-corrected chi connectivity index (χ4v) is 7.20. The minimum Gasteiger partial charge on any atom is -0.508 e. The standard InChI is InChI=1S/C44H59N11O10/c1-54(24-37(59)50-34(23-28-13-17-30(58)18-14-28)43(65)55-20-6-10-36(55)41(63)53-35(25-56)38(46)60)42(64)33(22-26-7-3-2-4-8-26)52-40(62)32(9-5-19-49-44(47)48)51-39(61)31(45)21-27-11-15-29(57)16-12-27/h2-4,7-8,11-18,31-36,56-58H,5-6,9-10,19-25,45H2,1H3,(H2,46,60)(H,50,59)(H,51,61)(H,52,62)(H,53,63)(H4,47,48,49)/t31-,32+,33-,34-,35-,36-/m0/s1. The molecule has 0 unspecified atom stereocenters. The van der Waals surface area contributed by atoms with Gasteiger partial charge in [0, 0.05) is 33.0 Å². The van der Waals surface area contributed by atoms with Crippen LogP contribution in [0.1, 0.15) is 42.4 Å². The number of likely N-dealkylation sites (N-methyl/N-ethyl adjacent to an activating group) is 1. The van der Waals surface area contributed by atoms with Crippen molar-refractivity contribution in [2.24, 2.45) is 27.9 Å². The molecule has 0 aromatic heterocycles. The summed E-state index contributed by atoms with van der Waals surface area (Å²) >= 11 is 0. The molecular formula is C44H59N11O10. The number of aliphatic imine (C=N–C) groups is 1. The summed E-state index contributed by atoms with van der Waals surface area (Å²) in [5, 5.41) is 39.5. The third-order valence-electron chi connectivity index (χ3n) is 10.7. The Morgan fingerprint density at radius 2 is 1.31 bits per heavy atom. The van der Waals surface area contributed by atoms with E-state index in [1.807, 2.05) is 0 Å². The summed E-state index contributed by atoms with van der Waals surface area (Å²) in [5.74, 6) is -5.30. The van der Waals surface area contributed by atoms with Crippen LogP contribution in [0.4, 0.5) is 0 Å². The van der Waals surface area contributed by atoms with Crippen LogP contribution in [0.2, 0.25) is 0 Å². The highest BCUT2D eigenvalue weighted by Gasteiger charge is 2.39. The van der Waals surface area contributed by atoms with Crippen molar-refractivity contribution in [1.82, 2.24) is 31.1 Å². The molecule has 1 aliphatic rings. The Hall–Kier alpha value is -7.26. The number of rotatable bonds is 23. The first-order chi connectivity index (χ1) is 30.9. The van der Waals surface area contributed by atoms with E-state index in [0.29, 0.717) is 23.1 Å². The summed E-state index contributed by atoms with van der Waals surface area (Å²) in [4.78, 5) is 101. The number of carbonyl (C=O) groups is 7. The van der Waals surface area contributed by atoms with Crippen molar-refractivity contribution < 1.29 is 48.9 Å². The van der Waals surface area contributed by atoms with E-state index in [0.717, 1.165) is 4.90 Å². The quantitative estimate of drug-likeness (QED) is 0.0264. The summed E-state index contributed by atoms with van der Waals surface area (Å²) in [7, 11) is 1.34. The van der Waals surface area contributed by atoms with Gasteiger partial charge >= 0.3 is 0 Å². The molecule has 0 bridgehead atoms. The van der Waals surface area contributed by atoms with Gasteiger partial charge in [-0.1, -0.05) is 54.6 Å². The molecule has 4 rings (SSSR count). The smallest absolute Gasteiger partial charge is 0.246 e. The Morgan fingerprint density at radius 3 is 1.89 bits per heavy atom. The van der Waals surface area contributed by atoms with Gasteiger partial charge in [0.25, 0.3) is 0 Å². The second-order valence-electron chi connectivity index (χ2n) is 15.8. The molecule has 6 atom stereocenters. The van der Waals surface area contributed by atoms with Crippen molar-refractivity contribution in [1.29, 1.82) is 0 Å². The zero-order valence-corrected chi connectivity index (χ0v) is 36.1. The molecule has 1 fully saturated rings. The molecular weight excluding hydrogens is 843 g/mol. The van der Waals surface area contributed by atoms with Crippen molar-refractivity contribution in [3.8, 4) is 11.5 Å². The summed E-state index contributed by atoms with van der Waals surface area (Å²) in [6.45, 7) is -1.06. The van der Waals surface area contributed by atoms with Gasteiger partial charge in [0.05, 0.1) is 19.2 Å². The Morgan fingerprint density at radius 1 is 0.738 bits per heavy atom. The number of nitrogens with two attached hydrogens (primary N) is 4. The minimum atomic E-state index is -1.38. The van der Waals surface area contributed by atoms with Crippen LogP contribution >= 0.6 is 0 Å². The number of aromatic hydroxyl groups is 2. The highest BCUT2D eigenvalue weighted by Crippen LogP contribution is 2.21.